The topological polar surface area (TPSA) is 50.8 Å². The zero-order chi connectivity index (χ0) is 17.4. The molecule has 0 aliphatic carbocycles. The molecule has 0 radical (unpaired) electrons. The van der Waals surface area contributed by atoms with E-state index in [1.54, 1.807) is 14.2 Å². The summed E-state index contributed by atoms with van der Waals surface area (Å²) in [6.07, 6.45) is 0. The Balaban J connectivity index is 1.86. The van der Waals surface area contributed by atoms with E-state index in [1.165, 1.54) is 0 Å². The Bertz CT molecular complexity index is 659. The molecule has 0 heterocycles. The molecule has 0 aromatic heterocycles. The predicted molar refractivity (Wildman–Crippen MR) is 94.2 cm³/mol. The van der Waals surface area contributed by atoms with Crippen molar-refractivity contribution >= 4 is 5.91 Å². The van der Waals surface area contributed by atoms with Gasteiger partial charge < -0.3 is 14.8 Å². The second-order valence-corrected chi connectivity index (χ2v) is 5.61. The molecule has 2 aromatic rings. The van der Waals surface area contributed by atoms with Gasteiger partial charge in [0.15, 0.2) is 0 Å². The minimum atomic E-state index is -0.00571. The summed E-state index contributed by atoms with van der Waals surface area (Å²) in [7, 11) is 5.16. The number of hydrogen-bond donors (Lipinski definition) is 1. The molecule has 0 spiro atoms. The lowest BCUT2D eigenvalue weighted by Crippen LogP contribution is -2.34. The van der Waals surface area contributed by atoms with Gasteiger partial charge in [0.05, 0.1) is 20.8 Å². The Morgan fingerprint density at radius 1 is 1.08 bits per heavy atom. The minimum Gasteiger partial charge on any atom is -0.497 e. The third-order valence-corrected chi connectivity index (χ3v) is 3.68. The van der Waals surface area contributed by atoms with Gasteiger partial charge in [0, 0.05) is 24.7 Å². The van der Waals surface area contributed by atoms with E-state index >= 15 is 0 Å². The van der Waals surface area contributed by atoms with Crippen molar-refractivity contribution in [2.24, 2.45) is 0 Å². The number of methoxy groups -OCH3 is 2. The zero-order valence-corrected chi connectivity index (χ0v) is 14.4. The molecule has 0 aliphatic heterocycles. The first-order valence-corrected chi connectivity index (χ1v) is 7.82. The number of rotatable bonds is 8. The molecule has 0 fully saturated rings. The van der Waals surface area contributed by atoms with Crippen molar-refractivity contribution < 1.29 is 14.3 Å². The van der Waals surface area contributed by atoms with Crippen LogP contribution in [0.3, 0.4) is 0 Å². The highest BCUT2D eigenvalue weighted by atomic mass is 16.5. The summed E-state index contributed by atoms with van der Waals surface area (Å²) in [6.45, 7) is 1.48. The predicted octanol–water partition coefficient (Wildman–Crippen LogP) is 2.45. The van der Waals surface area contributed by atoms with Gasteiger partial charge in [0.25, 0.3) is 0 Å². The fraction of sp³-hybridized carbons (Fsp3) is 0.316. The van der Waals surface area contributed by atoms with Gasteiger partial charge in [0.2, 0.25) is 5.91 Å². The Morgan fingerprint density at radius 3 is 2.50 bits per heavy atom. The van der Waals surface area contributed by atoms with Gasteiger partial charge in [-0.3, -0.25) is 9.69 Å². The zero-order valence-electron chi connectivity index (χ0n) is 14.4. The highest BCUT2D eigenvalue weighted by Crippen LogP contribution is 2.25. The molecule has 0 atom stereocenters. The van der Waals surface area contributed by atoms with Crippen LogP contribution >= 0.6 is 0 Å². The summed E-state index contributed by atoms with van der Waals surface area (Å²) in [5, 5.41) is 2.93. The molecule has 24 heavy (non-hydrogen) atoms. The number of nitrogens with zero attached hydrogens (tertiary/aromatic N) is 1. The smallest absolute Gasteiger partial charge is 0.234 e. The third kappa shape index (κ3) is 5.28. The number of nitrogens with one attached hydrogen (secondary N) is 1. The van der Waals surface area contributed by atoms with Crippen molar-refractivity contribution in [2.75, 3.05) is 27.8 Å². The summed E-state index contributed by atoms with van der Waals surface area (Å²) in [6, 6.07) is 15.6. The van der Waals surface area contributed by atoms with Crippen LogP contribution in [0.5, 0.6) is 11.5 Å². The van der Waals surface area contributed by atoms with Crippen LogP contribution in [0.4, 0.5) is 0 Å². The SMILES string of the molecule is COc1ccc(CN(C)CC(=O)NCc2ccccc2)c(OC)c1. The van der Waals surface area contributed by atoms with Crippen molar-refractivity contribution in [1.29, 1.82) is 0 Å². The van der Waals surface area contributed by atoms with Crippen LogP contribution in [0.25, 0.3) is 0 Å². The van der Waals surface area contributed by atoms with E-state index < -0.39 is 0 Å². The summed E-state index contributed by atoms with van der Waals surface area (Å²) < 4.78 is 10.6. The lowest BCUT2D eigenvalue weighted by Gasteiger charge is -2.18. The number of carbonyl (C=O) groups is 1. The minimum absolute atomic E-state index is 0.00571. The Labute approximate surface area is 143 Å². The highest BCUT2D eigenvalue weighted by molar-refractivity contribution is 5.77. The van der Waals surface area contributed by atoms with E-state index in [4.69, 9.17) is 9.47 Å². The van der Waals surface area contributed by atoms with Crippen LogP contribution in [0.2, 0.25) is 0 Å². The van der Waals surface area contributed by atoms with Gasteiger partial charge in [0.1, 0.15) is 11.5 Å². The van der Waals surface area contributed by atoms with Gasteiger partial charge in [-0.25, -0.2) is 0 Å². The quantitative estimate of drug-likeness (QED) is 0.809. The Morgan fingerprint density at radius 2 is 1.83 bits per heavy atom. The van der Waals surface area contributed by atoms with Crippen molar-refractivity contribution in [3.63, 3.8) is 0 Å². The van der Waals surface area contributed by atoms with Crippen LogP contribution in [0.15, 0.2) is 48.5 Å². The normalized spacial score (nSPS) is 10.5. The second-order valence-electron chi connectivity index (χ2n) is 5.61. The molecule has 1 N–H and O–H groups in total. The molecule has 2 aromatic carbocycles. The van der Waals surface area contributed by atoms with Crippen molar-refractivity contribution in [2.45, 2.75) is 13.1 Å². The van der Waals surface area contributed by atoms with Crippen LogP contribution in [0.1, 0.15) is 11.1 Å². The molecule has 128 valence electrons. The van der Waals surface area contributed by atoms with Crippen molar-refractivity contribution in [3.8, 4) is 11.5 Å². The van der Waals surface area contributed by atoms with Gasteiger partial charge in [-0.05, 0) is 18.7 Å². The first-order valence-electron chi connectivity index (χ1n) is 7.82. The maximum atomic E-state index is 12.1. The lowest BCUT2D eigenvalue weighted by atomic mass is 10.1. The standard InChI is InChI=1S/C19H24N2O3/c1-21(13-16-9-10-17(23-2)11-18(16)24-3)14-19(22)20-12-15-7-5-4-6-8-15/h4-11H,12-14H2,1-3H3,(H,20,22). The second kappa shape index (κ2) is 8.93. The molecule has 0 bridgehead atoms. The third-order valence-electron chi connectivity index (χ3n) is 3.68. The number of ether oxygens (including phenoxy) is 2. The maximum absolute atomic E-state index is 12.1. The van der Waals surface area contributed by atoms with Gasteiger partial charge >= 0.3 is 0 Å². The summed E-state index contributed by atoms with van der Waals surface area (Å²) >= 11 is 0. The van der Waals surface area contributed by atoms with E-state index in [0.29, 0.717) is 19.6 Å². The molecule has 1 amide bonds. The van der Waals surface area contributed by atoms with Crippen LogP contribution in [-0.2, 0) is 17.9 Å². The number of amides is 1. The monoisotopic (exact) mass is 328 g/mol. The van der Waals surface area contributed by atoms with Crippen LogP contribution in [-0.4, -0.2) is 38.6 Å². The van der Waals surface area contributed by atoms with E-state index in [9.17, 15) is 4.79 Å². The van der Waals surface area contributed by atoms with E-state index in [0.717, 1.165) is 22.6 Å². The molecule has 5 nitrogen and oxygen atoms in total. The molecule has 2 rings (SSSR count). The van der Waals surface area contributed by atoms with Gasteiger partial charge in [-0.1, -0.05) is 36.4 Å². The number of benzene rings is 2. The fourth-order valence-electron chi connectivity index (χ4n) is 2.43. The van der Waals surface area contributed by atoms with E-state index in [2.05, 4.69) is 5.32 Å². The summed E-state index contributed by atoms with van der Waals surface area (Å²) in [5.74, 6) is 1.50. The first kappa shape index (κ1) is 17.8. The average molecular weight is 328 g/mol. The number of likely N-dealkylation sites (N-methyl/N-ethyl adjacent to an activating group) is 1. The summed E-state index contributed by atoms with van der Waals surface area (Å²) in [4.78, 5) is 14.0. The van der Waals surface area contributed by atoms with E-state index in [-0.39, 0.29) is 5.91 Å². The maximum Gasteiger partial charge on any atom is 0.234 e. The van der Waals surface area contributed by atoms with Crippen molar-refractivity contribution in [3.05, 3.63) is 59.7 Å². The molecule has 0 unspecified atom stereocenters. The molecule has 0 saturated carbocycles. The molecule has 5 heteroatoms. The van der Waals surface area contributed by atoms with E-state index in [1.807, 2.05) is 60.5 Å². The molecule has 0 saturated heterocycles. The molecule has 0 aliphatic rings. The lowest BCUT2D eigenvalue weighted by molar-refractivity contribution is -0.122. The summed E-state index contributed by atoms with van der Waals surface area (Å²) in [5.41, 5.74) is 2.10. The molecular weight excluding hydrogens is 304 g/mol. The van der Waals surface area contributed by atoms with Gasteiger partial charge in [-0.15, -0.1) is 0 Å². The largest absolute Gasteiger partial charge is 0.497 e. The van der Waals surface area contributed by atoms with Crippen molar-refractivity contribution in [1.82, 2.24) is 10.2 Å². The Hall–Kier alpha value is -2.53. The fourth-order valence-corrected chi connectivity index (χ4v) is 2.43. The first-order chi connectivity index (χ1) is 11.6. The number of hydrogen-bond acceptors (Lipinski definition) is 4. The van der Waals surface area contributed by atoms with Crippen LogP contribution < -0.4 is 14.8 Å². The Kier molecular flexibility index (Phi) is 6.63. The number of carbonyl (C=O) groups excluding carboxylic acids is 1. The molecular formula is C19H24N2O3. The average Bonchev–Trinajstić information content (AvgIpc) is 2.61. The van der Waals surface area contributed by atoms with Gasteiger partial charge in [-0.2, -0.15) is 0 Å². The van der Waals surface area contributed by atoms with Crippen LogP contribution in [0, 0.1) is 0 Å². The highest BCUT2D eigenvalue weighted by Gasteiger charge is 2.11.